The van der Waals surface area contributed by atoms with Gasteiger partial charge in [0.2, 0.25) is 0 Å². The summed E-state index contributed by atoms with van der Waals surface area (Å²) in [5.41, 5.74) is 5.03. The third-order valence-corrected chi connectivity index (χ3v) is 4.61. The van der Waals surface area contributed by atoms with E-state index >= 15 is 0 Å². The number of hydrogen-bond donors (Lipinski definition) is 0. The van der Waals surface area contributed by atoms with E-state index in [1.807, 2.05) is 54.6 Å². The molecular formula is C21H16N4S. The molecule has 0 aromatic carbocycles. The Hall–Kier alpha value is -3.05. The maximum atomic E-state index is 4.80. The number of pyridine rings is 4. The third kappa shape index (κ3) is 3.48. The molecular weight excluding hydrogens is 340 g/mol. The maximum Gasteiger partial charge on any atom is 0.0905 e. The van der Waals surface area contributed by atoms with Gasteiger partial charge in [-0.1, -0.05) is 18.2 Å². The van der Waals surface area contributed by atoms with Crippen LogP contribution in [0.15, 0.2) is 84.0 Å². The first kappa shape index (κ1) is 16.4. The molecule has 0 aliphatic carbocycles. The second kappa shape index (κ2) is 7.45. The number of thioether (sulfide) groups is 1. The fraction of sp³-hybridized carbons (Fsp3) is 0.0476. The van der Waals surface area contributed by atoms with Crippen molar-refractivity contribution in [3.8, 4) is 34.2 Å². The summed E-state index contributed by atoms with van der Waals surface area (Å²) in [6.07, 6.45) is 5.61. The second-order valence-corrected chi connectivity index (χ2v) is 6.50. The van der Waals surface area contributed by atoms with E-state index in [0.717, 1.165) is 39.1 Å². The van der Waals surface area contributed by atoms with Crippen LogP contribution in [0.4, 0.5) is 0 Å². The first-order valence-electron chi connectivity index (χ1n) is 8.20. The van der Waals surface area contributed by atoms with Crippen molar-refractivity contribution in [2.45, 2.75) is 4.90 Å². The molecule has 26 heavy (non-hydrogen) atoms. The van der Waals surface area contributed by atoms with E-state index in [4.69, 9.17) is 9.97 Å². The predicted octanol–water partition coefficient (Wildman–Crippen LogP) is 4.99. The lowest BCUT2D eigenvalue weighted by Gasteiger charge is -2.08. The number of aromatic nitrogens is 4. The van der Waals surface area contributed by atoms with Crippen LogP contribution in [0.5, 0.6) is 0 Å². The molecule has 0 aliphatic heterocycles. The fourth-order valence-corrected chi connectivity index (χ4v) is 3.09. The van der Waals surface area contributed by atoms with Crippen molar-refractivity contribution < 1.29 is 0 Å². The van der Waals surface area contributed by atoms with Crippen LogP contribution >= 0.6 is 11.8 Å². The van der Waals surface area contributed by atoms with Crippen LogP contribution in [0.25, 0.3) is 34.2 Å². The van der Waals surface area contributed by atoms with E-state index < -0.39 is 0 Å². The molecule has 0 unspecified atom stereocenters. The van der Waals surface area contributed by atoms with E-state index in [2.05, 4.69) is 28.4 Å². The largest absolute Gasteiger partial charge is 0.255 e. The Labute approximate surface area is 156 Å². The van der Waals surface area contributed by atoms with Crippen molar-refractivity contribution in [1.82, 2.24) is 19.9 Å². The standard InChI is InChI=1S/C21H16N4S/c1-26-15-13-20(17-8-3-5-12-23-17)25-21(14-15)19-10-6-9-18(24-19)16-7-2-4-11-22-16/h2-14H,1H3. The van der Waals surface area contributed by atoms with Crippen LogP contribution in [0.1, 0.15) is 0 Å². The monoisotopic (exact) mass is 356 g/mol. The lowest BCUT2D eigenvalue weighted by Crippen LogP contribution is -1.95. The summed E-state index contributed by atoms with van der Waals surface area (Å²) < 4.78 is 0. The van der Waals surface area contributed by atoms with Gasteiger partial charge in [-0.3, -0.25) is 9.97 Å². The highest BCUT2D eigenvalue weighted by Gasteiger charge is 2.10. The number of rotatable bonds is 4. The molecule has 0 bridgehead atoms. The molecule has 4 rings (SSSR count). The number of nitrogens with zero attached hydrogens (tertiary/aromatic N) is 4. The second-order valence-electron chi connectivity index (χ2n) is 5.62. The normalized spacial score (nSPS) is 10.7. The van der Waals surface area contributed by atoms with Gasteiger partial charge in [-0.15, -0.1) is 11.8 Å². The third-order valence-electron chi connectivity index (χ3n) is 3.90. The summed E-state index contributed by atoms with van der Waals surface area (Å²) in [6.45, 7) is 0. The zero-order valence-corrected chi connectivity index (χ0v) is 15.0. The Morgan fingerprint density at radius 3 is 1.65 bits per heavy atom. The van der Waals surface area contributed by atoms with E-state index in [-0.39, 0.29) is 0 Å². The van der Waals surface area contributed by atoms with Crippen molar-refractivity contribution in [3.05, 3.63) is 79.1 Å². The zero-order chi connectivity index (χ0) is 17.8. The molecule has 126 valence electrons. The van der Waals surface area contributed by atoms with Gasteiger partial charge in [0.25, 0.3) is 0 Å². The lowest BCUT2D eigenvalue weighted by atomic mass is 10.1. The topological polar surface area (TPSA) is 51.6 Å². The Morgan fingerprint density at radius 1 is 0.577 bits per heavy atom. The highest BCUT2D eigenvalue weighted by Crippen LogP contribution is 2.28. The van der Waals surface area contributed by atoms with Crippen LogP contribution in [0.3, 0.4) is 0 Å². The summed E-state index contributed by atoms with van der Waals surface area (Å²) in [6, 6.07) is 21.7. The van der Waals surface area contributed by atoms with Crippen molar-refractivity contribution in [2.24, 2.45) is 0 Å². The van der Waals surface area contributed by atoms with Crippen molar-refractivity contribution in [2.75, 3.05) is 6.26 Å². The van der Waals surface area contributed by atoms with E-state index in [0.29, 0.717) is 0 Å². The molecule has 0 radical (unpaired) electrons. The SMILES string of the molecule is CSc1cc(-c2ccccn2)nc(-c2cccc(-c3ccccn3)n2)c1. The summed E-state index contributed by atoms with van der Waals surface area (Å²) >= 11 is 1.68. The van der Waals surface area contributed by atoms with E-state index in [1.54, 1.807) is 24.2 Å². The van der Waals surface area contributed by atoms with Gasteiger partial charge in [0.15, 0.2) is 0 Å². The predicted molar refractivity (Wildman–Crippen MR) is 106 cm³/mol. The molecule has 0 spiro atoms. The molecule has 5 heteroatoms. The molecule has 4 heterocycles. The first-order valence-corrected chi connectivity index (χ1v) is 9.42. The average molecular weight is 356 g/mol. The Morgan fingerprint density at radius 2 is 1.08 bits per heavy atom. The molecule has 4 aromatic heterocycles. The maximum absolute atomic E-state index is 4.80. The van der Waals surface area contributed by atoms with Crippen LogP contribution in [0.2, 0.25) is 0 Å². The Kier molecular flexibility index (Phi) is 4.71. The van der Waals surface area contributed by atoms with Gasteiger partial charge in [-0.25, -0.2) is 9.97 Å². The molecule has 4 aromatic rings. The zero-order valence-electron chi connectivity index (χ0n) is 14.2. The molecule has 0 saturated heterocycles. The lowest BCUT2D eigenvalue weighted by molar-refractivity contribution is 1.18. The molecule has 4 nitrogen and oxygen atoms in total. The van der Waals surface area contributed by atoms with Crippen LogP contribution < -0.4 is 0 Å². The van der Waals surface area contributed by atoms with Crippen molar-refractivity contribution in [1.29, 1.82) is 0 Å². The fourth-order valence-electron chi connectivity index (χ4n) is 2.63. The molecule has 0 fully saturated rings. The highest BCUT2D eigenvalue weighted by atomic mass is 32.2. The average Bonchev–Trinajstić information content (AvgIpc) is 2.75. The van der Waals surface area contributed by atoms with Gasteiger partial charge >= 0.3 is 0 Å². The van der Waals surface area contributed by atoms with Gasteiger partial charge in [0.05, 0.1) is 34.2 Å². The smallest absolute Gasteiger partial charge is 0.0905 e. The minimum absolute atomic E-state index is 0.821. The Balaban J connectivity index is 1.81. The highest BCUT2D eigenvalue weighted by molar-refractivity contribution is 7.98. The minimum Gasteiger partial charge on any atom is -0.255 e. The van der Waals surface area contributed by atoms with Gasteiger partial charge in [-0.05, 0) is 54.8 Å². The summed E-state index contributed by atoms with van der Waals surface area (Å²) in [5.74, 6) is 0. The molecule has 0 N–H and O–H groups in total. The molecule has 0 atom stereocenters. The van der Waals surface area contributed by atoms with Gasteiger partial charge in [0.1, 0.15) is 0 Å². The van der Waals surface area contributed by atoms with Gasteiger partial charge < -0.3 is 0 Å². The van der Waals surface area contributed by atoms with Crippen LogP contribution in [0, 0.1) is 0 Å². The van der Waals surface area contributed by atoms with E-state index in [9.17, 15) is 0 Å². The van der Waals surface area contributed by atoms with Crippen molar-refractivity contribution >= 4 is 11.8 Å². The first-order chi connectivity index (χ1) is 12.8. The van der Waals surface area contributed by atoms with Crippen LogP contribution in [-0.2, 0) is 0 Å². The van der Waals surface area contributed by atoms with Gasteiger partial charge in [0, 0.05) is 17.3 Å². The Bertz CT molecular complexity index is 1020. The molecule has 0 amide bonds. The van der Waals surface area contributed by atoms with Crippen molar-refractivity contribution in [3.63, 3.8) is 0 Å². The number of hydrogen-bond acceptors (Lipinski definition) is 5. The molecule has 0 saturated carbocycles. The van der Waals surface area contributed by atoms with E-state index in [1.165, 1.54) is 0 Å². The van der Waals surface area contributed by atoms with Gasteiger partial charge in [-0.2, -0.15) is 0 Å². The quantitative estimate of drug-likeness (QED) is 0.482. The summed E-state index contributed by atoms with van der Waals surface area (Å²) in [4.78, 5) is 19.5. The van der Waals surface area contributed by atoms with Crippen LogP contribution in [-0.4, -0.2) is 26.2 Å². The summed E-state index contributed by atoms with van der Waals surface area (Å²) in [5, 5.41) is 0. The molecule has 0 aliphatic rings. The minimum atomic E-state index is 0.821. The summed E-state index contributed by atoms with van der Waals surface area (Å²) in [7, 11) is 0.